The number of fused-ring (bicyclic) bond motifs is 2. The fourth-order valence-corrected chi connectivity index (χ4v) is 3.07. The molecule has 4 rings (SSSR count). The quantitative estimate of drug-likeness (QED) is 0.594. The third-order valence-electron chi connectivity index (χ3n) is 3.50. The van der Waals surface area contributed by atoms with E-state index in [2.05, 4.69) is 20.5 Å². The number of thiazole rings is 1. The van der Waals surface area contributed by atoms with Crippen molar-refractivity contribution in [2.45, 2.75) is 0 Å². The average Bonchev–Trinajstić information content (AvgIpc) is 3.03. The van der Waals surface area contributed by atoms with Gasteiger partial charge in [-0.25, -0.2) is 10.1 Å². The summed E-state index contributed by atoms with van der Waals surface area (Å²) in [7, 11) is 0. The number of amides is 1. The molecule has 112 valence electrons. The summed E-state index contributed by atoms with van der Waals surface area (Å²) in [4.78, 5) is 28.5. The number of aromatic nitrogens is 3. The van der Waals surface area contributed by atoms with E-state index in [-0.39, 0.29) is 17.2 Å². The van der Waals surface area contributed by atoms with E-state index in [0.29, 0.717) is 16.5 Å². The molecule has 23 heavy (non-hydrogen) atoms. The number of hydrogen-bond donors (Lipinski definition) is 2. The van der Waals surface area contributed by atoms with Gasteiger partial charge in [0.25, 0.3) is 11.5 Å². The Bertz CT molecular complexity index is 1100. The summed E-state index contributed by atoms with van der Waals surface area (Å²) in [6.45, 7) is 0. The molecule has 0 spiro atoms. The fraction of sp³-hybridized carbons (Fsp3) is 0. The molecular formula is C16H10N4O2S. The van der Waals surface area contributed by atoms with Crippen molar-refractivity contribution in [3.05, 3.63) is 64.0 Å². The van der Waals surface area contributed by atoms with E-state index in [1.165, 1.54) is 11.3 Å². The van der Waals surface area contributed by atoms with E-state index < -0.39 is 0 Å². The van der Waals surface area contributed by atoms with Crippen LogP contribution in [0.3, 0.4) is 0 Å². The molecule has 2 aromatic heterocycles. The minimum absolute atomic E-state index is 0.179. The lowest BCUT2D eigenvalue weighted by Crippen LogP contribution is -2.19. The monoisotopic (exact) mass is 322 g/mol. The predicted octanol–water partition coefficient (Wildman–Crippen LogP) is 2.79. The smallest absolute Gasteiger partial charge is 0.276 e. The maximum atomic E-state index is 12.5. The molecule has 0 bridgehead atoms. The fourth-order valence-electron chi connectivity index (χ4n) is 2.41. The summed E-state index contributed by atoms with van der Waals surface area (Å²) in [5.41, 5.74) is 3.07. The van der Waals surface area contributed by atoms with Crippen molar-refractivity contribution >= 4 is 43.9 Å². The molecule has 0 aliphatic carbocycles. The number of benzene rings is 2. The molecule has 0 radical (unpaired) electrons. The van der Waals surface area contributed by atoms with Gasteiger partial charge < -0.3 is 5.32 Å². The zero-order valence-corrected chi connectivity index (χ0v) is 12.6. The van der Waals surface area contributed by atoms with Crippen LogP contribution in [0.2, 0.25) is 0 Å². The standard InChI is InChI=1S/C16H10N4O2S/c21-15-11-4-2-1-3-10(11)14(19-20-15)16(22)18-9-5-6-13-12(7-9)17-8-23-13/h1-8H,(H,18,22)(H,20,21). The Kier molecular flexibility index (Phi) is 3.13. The van der Waals surface area contributed by atoms with Gasteiger partial charge in [-0.2, -0.15) is 5.10 Å². The van der Waals surface area contributed by atoms with Gasteiger partial charge in [0.15, 0.2) is 5.69 Å². The van der Waals surface area contributed by atoms with Crippen LogP contribution in [0, 0.1) is 0 Å². The summed E-state index contributed by atoms with van der Waals surface area (Å²) in [5, 5.41) is 9.99. The molecule has 7 heteroatoms. The topological polar surface area (TPSA) is 87.7 Å². The average molecular weight is 322 g/mol. The number of carbonyl (C=O) groups is 1. The molecule has 2 aromatic carbocycles. The van der Waals surface area contributed by atoms with Crippen molar-refractivity contribution in [1.82, 2.24) is 15.2 Å². The second kappa shape index (κ2) is 5.29. The van der Waals surface area contributed by atoms with Crippen molar-refractivity contribution in [1.29, 1.82) is 0 Å². The summed E-state index contributed by atoms with van der Waals surface area (Å²) in [6.07, 6.45) is 0. The minimum atomic E-state index is -0.382. The van der Waals surface area contributed by atoms with Gasteiger partial charge >= 0.3 is 0 Å². The second-order valence-electron chi connectivity index (χ2n) is 4.94. The summed E-state index contributed by atoms with van der Waals surface area (Å²) < 4.78 is 1.05. The SMILES string of the molecule is O=C(Nc1ccc2scnc2c1)c1n[nH]c(=O)c2ccccc12. The Morgan fingerprint density at radius 1 is 1.13 bits per heavy atom. The van der Waals surface area contributed by atoms with Crippen molar-refractivity contribution < 1.29 is 4.79 Å². The van der Waals surface area contributed by atoms with Gasteiger partial charge in [0.1, 0.15) is 0 Å². The van der Waals surface area contributed by atoms with Crippen LogP contribution in [0.25, 0.3) is 21.0 Å². The van der Waals surface area contributed by atoms with Gasteiger partial charge in [-0.3, -0.25) is 9.59 Å². The van der Waals surface area contributed by atoms with Crippen LogP contribution in [0.1, 0.15) is 10.5 Å². The van der Waals surface area contributed by atoms with E-state index >= 15 is 0 Å². The molecule has 0 atom stereocenters. The summed E-state index contributed by atoms with van der Waals surface area (Å²) in [6, 6.07) is 12.4. The van der Waals surface area contributed by atoms with E-state index in [0.717, 1.165) is 10.2 Å². The molecule has 0 saturated heterocycles. The van der Waals surface area contributed by atoms with Crippen LogP contribution in [0.15, 0.2) is 52.8 Å². The van der Waals surface area contributed by atoms with Gasteiger partial charge in [-0.15, -0.1) is 11.3 Å². The molecule has 0 aliphatic heterocycles. The Labute approximate surface area is 133 Å². The second-order valence-corrected chi connectivity index (χ2v) is 5.82. The maximum absolute atomic E-state index is 12.5. The molecule has 0 aliphatic rings. The molecule has 1 amide bonds. The minimum Gasteiger partial charge on any atom is -0.320 e. The van der Waals surface area contributed by atoms with Crippen LogP contribution in [0.4, 0.5) is 5.69 Å². The van der Waals surface area contributed by atoms with E-state index in [4.69, 9.17) is 0 Å². The zero-order chi connectivity index (χ0) is 15.8. The van der Waals surface area contributed by atoms with Crippen LogP contribution in [-0.2, 0) is 0 Å². The highest BCUT2D eigenvalue weighted by atomic mass is 32.1. The molecule has 0 saturated carbocycles. The van der Waals surface area contributed by atoms with Gasteiger partial charge in [0, 0.05) is 11.1 Å². The normalized spacial score (nSPS) is 11.0. The first-order valence-electron chi connectivity index (χ1n) is 6.84. The Balaban J connectivity index is 1.74. The van der Waals surface area contributed by atoms with Crippen LogP contribution >= 0.6 is 11.3 Å². The zero-order valence-electron chi connectivity index (χ0n) is 11.7. The highest BCUT2D eigenvalue weighted by Crippen LogP contribution is 2.22. The molecular weight excluding hydrogens is 312 g/mol. The van der Waals surface area contributed by atoms with E-state index in [9.17, 15) is 9.59 Å². The molecule has 0 unspecified atom stereocenters. The van der Waals surface area contributed by atoms with Crippen LogP contribution in [-0.4, -0.2) is 21.1 Å². The summed E-state index contributed by atoms with van der Waals surface area (Å²) >= 11 is 1.54. The lowest BCUT2D eigenvalue weighted by atomic mass is 10.1. The van der Waals surface area contributed by atoms with Gasteiger partial charge in [0.05, 0.1) is 21.1 Å². The van der Waals surface area contributed by atoms with Crippen molar-refractivity contribution in [3.63, 3.8) is 0 Å². The number of hydrogen-bond acceptors (Lipinski definition) is 5. The van der Waals surface area contributed by atoms with Gasteiger partial charge in [-0.1, -0.05) is 18.2 Å². The highest BCUT2D eigenvalue weighted by molar-refractivity contribution is 7.16. The first-order chi connectivity index (χ1) is 11.2. The number of aromatic amines is 1. The van der Waals surface area contributed by atoms with Crippen molar-refractivity contribution in [2.24, 2.45) is 0 Å². The first-order valence-corrected chi connectivity index (χ1v) is 7.72. The van der Waals surface area contributed by atoms with Gasteiger partial charge in [-0.05, 0) is 24.3 Å². The number of anilines is 1. The Morgan fingerprint density at radius 3 is 2.83 bits per heavy atom. The Hall–Kier alpha value is -3.06. The van der Waals surface area contributed by atoms with Crippen LogP contribution < -0.4 is 10.9 Å². The number of rotatable bonds is 2. The number of carbonyl (C=O) groups excluding carboxylic acids is 1. The lowest BCUT2D eigenvalue weighted by Gasteiger charge is -2.06. The Morgan fingerprint density at radius 2 is 1.96 bits per heavy atom. The molecule has 2 heterocycles. The number of nitrogens with one attached hydrogen (secondary N) is 2. The highest BCUT2D eigenvalue weighted by Gasteiger charge is 2.14. The van der Waals surface area contributed by atoms with Crippen molar-refractivity contribution in [3.8, 4) is 0 Å². The molecule has 2 N–H and O–H groups in total. The van der Waals surface area contributed by atoms with Crippen molar-refractivity contribution in [2.75, 3.05) is 5.32 Å². The lowest BCUT2D eigenvalue weighted by molar-refractivity contribution is 0.102. The molecule has 4 aromatic rings. The maximum Gasteiger partial charge on any atom is 0.276 e. The third-order valence-corrected chi connectivity index (χ3v) is 4.31. The van der Waals surface area contributed by atoms with E-state index in [1.54, 1.807) is 35.8 Å². The molecule has 6 nitrogen and oxygen atoms in total. The number of nitrogens with zero attached hydrogens (tertiary/aromatic N) is 2. The number of H-pyrrole nitrogens is 1. The van der Waals surface area contributed by atoms with Gasteiger partial charge in [0.2, 0.25) is 0 Å². The largest absolute Gasteiger partial charge is 0.320 e. The third kappa shape index (κ3) is 2.36. The van der Waals surface area contributed by atoms with Crippen LogP contribution in [0.5, 0.6) is 0 Å². The predicted molar refractivity (Wildman–Crippen MR) is 89.9 cm³/mol. The summed E-state index contributed by atoms with van der Waals surface area (Å²) in [5.74, 6) is -0.382. The first kappa shape index (κ1) is 13.6. The molecule has 0 fully saturated rings. The van der Waals surface area contributed by atoms with E-state index in [1.807, 2.05) is 12.1 Å².